The summed E-state index contributed by atoms with van der Waals surface area (Å²) >= 11 is 1.39. The predicted octanol–water partition coefficient (Wildman–Crippen LogP) is 2.57. The molecule has 1 atom stereocenters. The number of anilines is 1. The monoisotopic (exact) mass is 306 g/mol. The van der Waals surface area contributed by atoms with Crippen LogP contribution in [-0.4, -0.2) is 22.1 Å². The van der Waals surface area contributed by atoms with E-state index in [0.717, 1.165) is 5.01 Å². The Morgan fingerprint density at radius 1 is 1.21 bits per heavy atom. The number of aromatic nitrogens is 2. The van der Waals surface area contributed by atoms with Crippen LogP contribution in [0.25, 0.3) is 0 Å². The predicted molar refractivity (Wildman–Crippen MR) is 81.9 cm³/mol. The van der Waals surface area contributed by atoms with Crippen molar-refractivity contribution in [3.8, 4) is 0 Å². The average Bonchev–Trinajstić information content (AvgIpc) is 2.62. The standard InChI is InChI=1S/C12H22N4OS.ClH/c1-11(2,3)7(13)8(17)14-10-16-15-9(18-10)12(4,5)6;/h7H,13H2,1-6H3,(H,14,16,17);1H/t7-;/m1./s1. The number of carbonyl (C=O) groups is 1. The van der Waals surface area contributed by atoms with E-state index in [1.807, 2.05) is 20.8 Å². The number of nitrogens with zero attached hydrogens (tertiary/aromatic N) is 2. The fourth-order valence-electron chi connectivity index (χ4n) is 1.15. The fourth-order valence-corrected chi connectivity index (χ4v) is 1.96. The maximum atomic E-state index is 11.9. The van der Waals surface area contributed by atoms with E-state index in [9.17, 15) is 4.79 Å². The van der Waals surface area contributed by atoms with Crippen LogP contribution in [0.4, 0.5) is 5.13 Å². The molecule has 1 heterocycles. The van der Waals surface area contributed by atoms with Crippen molar-refractivity contribution >= 4 is 34.8 Å². The second kappa shape index (κ2) is 6.15. The van der Waals surface area contributed by atoms with Crippen LogP contribution in [0.2, 0.25) is 0 Å². The summed E-state index contributed by atoms with van der Waals surface area (Å²) in [7, 11) is 0. The van der Waals surface area contributed by atoms with E-state index in [-0.39, 0.29) is 29.1 Å². The zero-order chi connectivity index (χ0) is 14.1. The van der Waals surface area contributed by atoms with E-state index in [1.165, 1.54) is 11.3 Å². The van der Waals surface area contributed by atoms with E-state index < -0.39 is 6.04 Å². The SMILES string of the molecule is CC(C)(C)c1nnc(NC(=O)[C@@H](N)C(C)(C)C)s1.Cl. The maximum absolute atomic E-state index is 11.9. The van der Waals surface area contributed by atoms with Gasteiger partial charge in [-0.25, -0.2) is 0 Å². The molecule has 19 heavy (non-hydrogen) atoms. The van der Waals surface area contributed by atoms with Gasteiger partial charge in [-0.3, -0.25) is 10.1 Å². The maximum Gasteiger partial charge on any atom is 0.243 e. The van der Waals surface area contributed by atoms with Gasteiger partial charge in [0.15, 0.2) is 0 Å². The van der Waals surface area contributed by atoms with Gasteiger partial charge in [0.1, 0.15) is 5.01 Å². The van der Waals surface area contributed by atoms with E-state index in [4.69, 9.17) is 5.73 Å². The lowest BCUT2D eigenvalue weighted by Gasteiger charge is -2.25. The Hall–Kier alpha value is -0.720. The number of carbonyl (C=O) groups excluding carboxylic acids is 1. The third-order valence-electron chi connectivity index (χ3n) is 2.51. The molecule has 0 aromatic carbocycles. The molecular weight excluding hydrogens is 284 g/mol. The largest absolute Gasteiger partial charge is 0.319 e. The van der Waals surface area contributed by atoms with Gasteiger partial charge < -0.3 is 5.73 Å². The molecule has 0 radical (unpaired) electrons. The third-order valence-corrected chi connectivity index (χ3v) is 3.78. The Kier molecular flexibility index (Phi) is 5.92. The Morgan fingerprint density at radius 3 is 2.11 bits per heavy atom. The number of hydrogen-bond donors (Lipinski definition) is 2. The van der Waals surface area contributed by atoms with Gasteiger partial charge in [0.25, 0.3) is 0 Å². The Morgan fingerprint density at radius 2 is 1.74 bits per heavy atom. The van der Waals surface area contributed by atoms with E-state index in [2.05, 4.69) is 36.3 Å². The highest BCUT2D eigenvalue weighted by molar-refractivity contribution is 7.15. The molecule has 1 amide bonds. The van der Waals surface area contributed by atoms with Gasteiger partial charge in [-0.05, 0) is 5.41 Å². The zero-order valence-corrected chi connectivity index (χ0v) is 13.9. The lowest BCUT2D eigenvalue weighted by Crippen LogP contribution is -2.45. The van der Waals surface area contributed by atoms with Gasteiger partial charge in [0.2, 0.25) is 11.0 Å². The van der Waals surface area contributed by atoms with Crippen LogP contribution in [0.5, 0.6) is 0 Å². The third kappa shape index (κ3) is 5.04. The lowest BCUT2D eigenvalue weighted by atomic mass is 9.87. The molecule has 0 spiro atoms. The first kappa shape index (κ1) is 18.3. The van der Waals surface area contributed by atoms with Gasteiger partial charge in [0.05, 0.1) is 6.04 Å². The van der Waals surface area contributed by atoms with Crippen LogP contribution < -0.4 is 11.1 Å². The van der Waals surface area contributed by atoms with E-state index in [1.54, 1.807) is 0 Å². The summed E-state index contributed by atoms with van der Waals surface area (Å²) in [5.41, 5.74) is 5.54. The van der Waals surface area contributed by atoms with Crippen molar-refractivity contribution in [3.63, 3.8) is 0 Å². The second-order valence-electron chi connectivity index (χ2n) is 6.50. The van der Waals surface area contributed by atoms with Crippen LogP contribution >= 0.6 is 23.7 Å². The summed E-state index contributed by atoms with van der Waals surface area (Å²) in [6, 6.07) is -0.570. The molecule has 0 unspecified atom stereocenters. The first-order chi connectivity index (χ1) is 8.01. The zero-order valence-electron chi connectivity index (χ0n) is 12.3. The van der Waals surface area contributed by atoms with Crippen LogP contribution in [0.1, 0.15) is 46.6 Å². The minimum Gasteiger partial charge on any atom is -0.319 e. The number of nitrogens with one attached hydrogen (secondary N) is 1. The number of halogens is 1. The van der Waals surface area contributed by atoms with Crippen LogP contribution in [0.3, 0.4) is 0 Å². The van der Waals surface area contributed by atoms with Gasteiger partial charge in [0, 0.05) is 5.41 Å². The number of rotatable bonds is 2. The molecule has 1 aromatic rings. The van der Waals surface area contributed by atoms with Crippen molar-refractivity contribution in [1.82, 2.24) is 10.2 Å². The molecule has 0 saturated heterocycles. The van der Waals surface area contributed by atoms with E-state index in [0.29, 0.717) is 5.13 Å². The molecule has 5 nitrogen and oxygen atoms in total. The van der Waals surface area contributed by atoms with Gasteiger partial charge in [-0.15, -0.1) is 22.6 Å². The highest BCUT2D eigenvalue weighted by atomic mass is 35.5. The molecule has 3 N–H and O–H groups in total. The van der Waals surface area contributed by atoms with Crippen molar-refractivity contribution < 1.29 is 4.79 Å². The summed E-state index contributed by atoms with van der Waals surface area (Å²) < 4.78 is 0. The first-order valence-corrected chi connectivity index (χ1v) is 6.74. The highest BCUT2D eigenvalue weighted by Crippen LogP contribution is 2.28. The minimum atomic E-state index is -0.570. The molecule has 1 aromatic heterocycles. The summed E-state index contributed by atoms with van der Waals surface area (Å²) in [6.45, 7) is 12.0. The summed E-state index contributed by atoms with van der Waals surface area (Å²) in [5.74, 6) is -0.223. The van der Waals surface area contributed by atoms with Crippen molar-refractivity contribution in [3.05, 3.63) is 5.01 Å². The summed E-state index contributed by atoms with van der Waals surface area (Å²) in [5, 5.41) is 12.2. The van der Waals surface area contributed by atoms with Gasteiger partial charge >= 0.3 is 0 Å². The number of amides is 1. The molecule has 1 rings (SSSR count). The average molecular weight is 307 g/mol. The van der Waals surface area contributed by atoms with Crippen molar-refractivity contribution in [2.45, 2.75) is 53.0 Å². The lowest BCUT2D eigenvalue weighted by molar-refractivity contribution is -0.119. The molecule has 0 aliphatic carbocycles. The molecule has 0 bridgehead atoms. The molecule has 0 aliphatic rings. The van der Waals surface area contributed by atoms with Crippen LogP contribution in [0, 0.1) is 5.41 Å². The quantitative estimate of drug-likeness (QED) is 0.880. The Balaban J connectivity index is 0.00000324. The first-order valence-electron chi connectivity index (χ1n) is 5.92. The number of nitrogens with two attached hydrogens (primary N) is 1. The van der Waals surface area contributed by atoms with Crippen LogP contribution in [-0.2, 0) is 10.2 Å². The molecule has 7 heteroatoms. The van der Waals surface area contributed by atoms with Crippen LogP contribution in [0.15, 0.2) is 0 Å². The Bertz CT molecular complexity index is 434. The van der Waals surface area contributed by atoms with Crippen molar-refractivity contribution in [2.24, 2.45) is 11.1 Å². The molecule has 0 aliphatic heterocycles. The molecule has 0 saturated carbocycles. The molecule has 110 valence electrons. The van der Waals surface area contributed by atoms with E-state index >= 15 is 0 Å². The number of hydrogen-bond acceptors (Lipinski definition) is 5. The minimum absolute atomic E-state index is 0. The fraction of sp³-hybridized carbons (Fsp3) is 0.750. The summed E-state index contributed by atoms with van der Waals surface area (Å²) in [4.78, 5) is 11.9. The highest BCUT2D eigenvalue weighted by Gasteiger charge is 2.28. The molecular formula is C12H23ClN4OS. The Labute approximate surface area is 124 Å². The smallest absolute Gasteiger partial charge is 0.243 e. The second-order valence-corrected chi connectivity index (χ2v) is 7.47. The van der Waals surface area contributed by atoms with Crippen molar-refractivity contribution in [2.75, 3.05) is 5.32 Å². The van der Waals surface area contributed by atoms with Crippen molar-refractivity contribution in [1.29, 1.82) is 0 Å². The molecule has 0 fully saturated rings. The topological polar surface area (TPSA) is 80.9 Å². The normalized spacial score (nSPS) is 13.6. The van der Waals surface area contributed by atoms with Gasteiger partial charge in [-0.1, -0.05) is 52.9 Å². The summed E-state index contributed by atoms with van der Waals surface area (Å²) in [6.07, 6.45) is 0. The van der Waals surface area contributed by atoms with Gasteiger partial charge in [-0.2, -0.15) is 0 Å².